The van der Waals surface area contributed by atoms with Gasteiger partial charge in [-0.05, 0) is 36.2 Å². The Kier molecular flexibility index (Phi) is 3.77. The summed E-state index contributed by atoms with van der Waals surface area (Å²) in [4.78, 5) is 0.787. The highest BCUT2D eigenvalue weighted by Gasteiger charge is 2.09. The SMILES string of the molecule is Cc1ccccc1S(=O)Cc1ccc(N)c(F)c1. The minimum absolute atomic E-state index is 0.112. The van der Waals surface area contributed by atoms with Crippen molar-refractivity contribution >= 4 is 16.5 Å². The smallest absolute Gasteiger partial charge is 0.146 e. The van der Waals surface area contributed by atoms with Crippen molar-refractivity contribution in [3.05, 3.63) is 59.4 Å². The van der Waals surface area contributed by atoms with Gasteiger partial charge < -0.3 is 5.73 Å². The largest absolute Gasteiger partial charge is 0.396 e. The van der Waals surface area contributed by atoms with Gasteiger partial charge in [-0.2, -0.15) is 0 Å². The highest BCUT2D eigenvalue weighted by molar-refractivity contribution is 7.84. The molecular weight excluding hydrogens is 249 g/mol. The number of nitrogen functional groups attached to an aromatic ring is 1. The van der Waals surface area contributed by atoms with Gasteiger partial charge in [-0.1, -0.05) is 24.3 Å². The molecule has 0 spiro atoms. The van der Waals surface area contributed by atoms with Crippen LogP contribution in [0.4, 0.5) is 10.1 Å². The van der Waals surface area contributed by atoms with E-state index in [-0.39, 0.29) is 5.69 Å². The van der Waals surface area contributed by atoms with E-state index in [9.17, 15) is 8.60 Å². The molecule has 0 aliphatic heterocycles. The van der Waals surface area contributed by atoms with E-state index in [1.807, 2.05) is 31.2 Å². The fourth-order valence-electron chi connectivity index (χ4n) is 1.70. The number of halogens is 1. The number of hydrogen-bond acceptors (Lipinski definition) is 2. The van der Waals surface area contributed by atoms with Crippen molar-refractivity contribution in [1.82, 2.24) is 0 Å². The molecule has 0 radical (unpaired) electrons. The van der Waals surface area contributed by atoms with Crippen molar-refractivity contribution in [3.8, 4) is 0 Å². The van der Waals surface area contributed by atoms with Gasteiger partial charge in [-0.15, -0.1) is 0 Å². The fourth-order valence-corrected chi connectivity index (χ4v) is 3.00. The Morgan fingerprint density at radius 2 is 1.94 bits per heavy atom. The highest BCUT2D eigenvalue weighted by Crippen LogP contribution is 2.18. The molecule has 0 bridgehead atoms. The maximum Gasteiger partial charge on any atom is 0.146 e. The molecule has 0 aliphatic carbocycles. The van der Waals surface area contributed by atoms with E-state index in [4.69, 9.17) is 5.73 Å². The normalized spacial score (nSPS) is 12.3. The number of aryl methyl sites for hydroxylation is 1. The second-order valence-electron chi connectivity index (χ2n) is 4.11. The molecule has 0 saturated heterocycles. The van der Waals surface area contributed by atoms with Crippen LogP contribution in [0.2, 0.25) is 0 Å². The van der Waals surface area contributed by atoms with E-state index in [1.54, 1.807) is 6.07 Å². The molecule has 2 rings (SSSR count). The summed E-state index contributed by atoms with van der Waals surface area (Å²) in [5.74, 6) is -0.170. The van der Waals surface area contributed by atoms with Gasteiger partial charge in [0.05, 0.1) is 22.2 Å². The van der Waals surface area contributed by atoms with E-state index < -0.39 is 16.6 Å². The number of hydrogen-bond donors (Lipinski definition) is 1. The zero-order valence-electron chi connectivity index (χ0n) is 10.0. The molecule has 0 aliphatic rings. The van der Waals surface area contributed by atoms with Crippen LogP contribution in [-0.4, -0.2) is 4.21 Å². The Morgan fingerprint density at radius 3 is 2.61 bits per heavy atom. The summed E-state index contributed by atoms with van der Waals surface area (Å²) >= 11 is 0. The molecule has 94 valence electrons. The van der Waals surface area contributed by atoms with E-state index in [2.05, 4.69) is 0 Å². The van der Waals surface area contributed by atoms with Gasteiger partial charge in [-0.25, -0.2) is 4.39 Å². The lowest BCUT2D eigenvalue weighted by Gasteiger charge is -2.06. The van der Waals surface area contributed by atoms with Gasteiger partial charge in [0.1, 0.15) is 5.82 Å². The zero-order valence-corrected chi connectivity index (χ0v) is 10.8. The van der Waals surface area contributed by atoms with Crippen LogP contribution in [0, 0.1) is 12.7 Å². The molecule has 0 saturated carbocycles. The highest BCUT2D eigenvalue weighted by atomic mass is 32.2. The summed E-state index contributed by atoms with van der Waals surface area (Å²) in [5, 5.41) is 0. The molecule has 4 heteroatoms. The molecule has 18 heavy (non-hydrogen) atoms. The first kappa shape index (κ1) is 12.8. The van der Waals surface area contributed by atoms with Crippen LogP contribution < -0.4 is 5.73 Å². The monoisotopic (exact) mass is 263 g/mol. The number of benzene rings is 2. The second-order valence-corrected chi connectivity index (χ2v) is 5.53. The van der Waals surface area contributed by atoms with Crippen LogP contribution in [0.25, 0.3) is 0 Å². The molecule has 2 aromatic rings. The summed E-state index contributed by atoms with van der Waals surface area (Å²) in [6.45, 7) is 1.91. The third kappa shape index (κ3) is 2.76. The molecular formula is C14H14FNOS. The molecule has 0 heterocycles. The summed E-state index contributed by atoms with van der Waals surface area (Å²) in [5.41, 5.74) is 7.18. The van der Waals surface area contributed by atoms with Crippen LogP contribution >= 0.6 is 0 Å². The molecule has 2 N–H and O–H groups in total. The van der Waals surface area contributed by atoms with Crippen molar-refractivity contribution in [3.63, 3.8) is 0 Å². The van der Waals surface area contributed by atoms with E-state index >= 15 is 0 Å². The first-order valence-electron chi connectivity index (χ1n) is 5.56. The summed E-state index contributed by atoms with van der Waals surface area (Å²) < 4.78 is 25.5. The van der Waals surface area contributed by atoms with Gasteiger partial charge in [0.2, 0.25) is 0 Å². The van der Waals surface area contributed by atoms with E-state index in [0.717, 1.165) is 10.5 Å². The Balaban J connectivity index is 2.22. The lowest BCUT2D eigenvalue weighted by Crippen LogP contribution is -2.00. The van der Waals surface area contributed by atoms with Gasteiger partial charge in [-0.3, -0.25) is 4.21 Å². The predicted octanol–water partition coefficient (Wildman–Crippen LogP) is 3.02. The summed E-state index contributed by atoms with van der Waals surface area (Å²) in [6.07, 6.45) is 0. The van der Waals surface area contributed by atoms with Crippen LogP contribution in [0.5, 0.6) is 0 Å². The van der Waals surface area contributed by atoms with Crippen molar-refractivity contribution in [1.29, 1.82) is 0 Å². The standard InChI is InChI=1S/C14H14FNOS/c1-10-4-2-3-5-14(10)18(17)9-11-6-7-13(16)12(15)8-11/h2-8H,9,16H2,1H3. The third-order valence-corrected chi connectivity index (χ3v) is 4.25. The zero-order chi connectivity index (χ0) is 13.1. The van der Waals surface area contributed by atoms with Crippen molar-refractivity contribution in [2.75, 3.05) is 5.73 Å². The molecule has 0 fully saturated rings. The summed E-state index contributed by atoms with van der Waals surface area (Å²) in [7, 11) is -1.17. The Bertz CT molecular complexity index is 598. The number of anilines is 1. The Labute approximate surface area is 108 Å². The quantitative estimate of drug-likeness (QED) is 0.865. The molecule has 1 atom stereocenters. The lowest BCUT2D eigenvalue weighted by molar-refractivity contribution is 0.631. The molecule has 0 aromatic heterocycles. The Morgan fingerprint density at radius 1 is 1.22 bits per heavy atom. The minimum Gasteiger partial charge on any atom is -0.396 e. The van der Waals surface area contributed by atoms with Crippen molar-refractivity contribution in [2.24, 2.45) is 0 Å². The third-order valence-electron chi connectivity index (χ3n) is 2.70. The van der Waals surface area contributed by atoms with Crippen LogP contribution in [-0.2, 0) is 16.6 Å². The minimum atomic E-state index is -1.17. The molecule has 0 amide bonds. The number of rotatable bonds is 3. The first-order chi connectivity index (χ1) is 8.58. The average Bonchev–Trinajstić information content (AvgIpc) is 2.34. The van der Waals surface area contributed by atoms with E-state index in [1.165, 1.54) is 12.1 Å². The number of nitrogens with two attached hydrogens (primary N) is 1. The Hall–Kier alpha value is -1.68. The average molecular weight is 263 g/mol. The summed E-state index contributed by atoms with van der Waals surface area (Å²) in [6, 6.07) is 12.0. The van der Waals surface area contributed by atoms with Crippen LogP contribution in [0.15, 0.2) is 47.4 Å². The van der Waals surface area contributed by atoms with E-state index in [0.29, 0.717) is 11.3 Å². The van der Waals surface area contributed by atoms with Crippen LogP contribution in [0.1, 0.15) is 11.1 Å². The maximum atomic E-state index is 13.3. The first-order valence-corrected chi connectivity index (χ1v) is 6.87. The maximum absolute atomic E-state index is 13.3. The predicted molar refractivity (Wildman–Crippen MR) is 72.1 cm³/mol. The van der Waals surface area contributed by atoms with Gasteiger partial charge in [0, 0.05) is 4.90 Å². The van der Waals surface area contributed by atoms with Gasteiger partial charge in [0.15, 0.2) is 0 Å². The second kappa shape index (κ2) is 5.31. The van der Waals surface area contributed by atoms with Crippen molar-refractivity contribution in [2.45, 2.75) is 17.6 Å². The van der Waals surface area contributed by atoms with Crippen molar-refractivity contribution < 1.29 is 8.60 Å². The van der Waals surface area contributed by atoms with Gasteiger partial charge in [0.25, 0.3) is 0 Å². The van der Waals surface area contributed by atoms with Gasteiger partial charge >= 0.3 is 0 Å². The molecule has 2 aromatic carbocycles. The van der Waals surface area contributed by atoms with Crippen LogP contribution in [0.3, 0.4) is 0 Å². The lowest BCUT2D eigenvalue weighted by atomic mass is 10.2. The topological polar surface area (TPSA) is 43.1 Å². The molecule has 1 unspecified atom stereocenters. The fraction of sp³-hybridized carbons (Fsp3) is 0.143. The molecule has 2 nitrogen and oxygen atoms in total.